The highest BCUT2D eigenvalue weighted by Crippen LogP contribution is 2.29. The Kier molecular flexibility index (Phi) is 8.78. The summed E-state index contributed by atoms with van der Waals surface area (Å²) in [7, 11) is 0. The maximum absolute atomic E-state index is 12.4. The molecule has 1 saturated carbocycles. The number of nitrogens with one attached hydrogen (secondary N) is 1. The van der Waals surface area contributed by atoms with E-state index in [4.69, 9.17) is 5.73 Å². The van der Waals surface area contributed by atoms with Crippen LogP contribution in [0.15, 0.2) is 11.6 Å². The predicted molar refractivity (Wildman–Crippen MR) is 92.3 cm³/mol. The average molecular weight is 354 g/mol. The highest BCUT2D eigenvalue weighted by atomic mass is 35.5. The Balaban J connectivity index is 0.00000200. The molecular weight excluding hydrogens is 329 g/mol. The number of nitrogens with two attached hydrogens (primary N) is 1. The zero-order valence-corrected chi connectivity index (χ0v) is 15.0. The third-order valence-electron chi connectivity index (χ3n) is 4.10. The van der Waals surface area contributed by atoms with Gasteiger partial charge in [0.05, 0.1) is 5.54 Å². The van der Waals surface area contributed by atoms with E-state index in [1.807, 2.05) is 12.3 Å². The van der Waals surface area contributed by atoms with Crippen LogP contribution in [0.5, 0.6) is 0 Å². The van der Waals surface area contributed by atoms with E-state index in [0.29, 0.717) is 0 Å². The SMILES string of the molecule is CCC(C)(NC(=O)C1CCCC(N)C1)c1nccs1.Cl.Cl. The number of halogens is 2. The second-order valence-electron chi connectivity index (χ2n) is 5.64. The summed E-state index contributed by atoms with van der Waals surface area (Å²) in [5.41, 5.74) is 5.61. The Morgan fingerprint density at radius 1 is 1.52 bits per heavy atom. The van der Waals surface area contributed by atoms with Crippen LogP contribution in [-0.4, -0.2) is 16.9 Å². The number of carbonyl (C=O) groups is 1. The van der Waals surface area contributed by atoms with Crippen LogP contribution in [0.1, 0.15) is 51.0 Å². The van der Waals surface area contributed by atoms with Crippen molar-refractivity contribution in [2.75, 3.05) is 0 Å². The molecule has 0 spiro atoms. The number of aromatic nitrogens is 1. The summed E-state index contributed by atoms with van der Waals surface area (Å²) < 4.78 is 0. The van der Waals surface area contributed by atoms with Crippen molar-refractivity contribution in [2.24, 2.45) is 11.7 Å². The summed E-state index contributed by atoms with van der Waals surface area (Å²) in [6.07, 6.45) is 6.49. The van der Waals surface area contributed by atoms with Crippen molar-refractivity contribution in [2.45, 2.75) is 57.5 Å². The van der Waals surface area contributed by atoms with E-state index in [-0.39, 0.29) is 48.2 Å². The molecule has 0 aromatic carbocycles. The molecule has 0 saturated heterocycles. The minimum Gasteiger partial charge on any atom is -0.344 e. The van der Waals surface area contributed by atoms with E-state index in [1.165, 1.54) is 0 Å². The molecule has 1 fully saturated rings. The molecule has 4 nitrogen and oxygen atoms in total. The van der Waals surface area contributed by atoms with E-state index in [1.54, 1.807) is 17.5 Å². The van der Waals surface area contributed by atoms with Crippen molar-refractivity contribution in [1.29, 1.82) is 0 Å². The number of rotatable bonds is 4. The highest BCUT2D eigenvalue weighted by Gasteiger charge is 2.33. The fourth-order valence-corrected chi connectivity index (χ4v) is 3.46. The standard InChI is InChI=1S/C14H23N3OS.2ClH/c1-3-14(2,13-16-7-8-19-13)17-12(18)10-5-4-6-11(15)9-10;;/h7-8,10-11H,3-6,9,15H2,1-2H3,(H,17,18);2*1H. The highest BCUT2D eigenvalue weighted by molar-refractivity contribution is 7.09. The summed E-state index contributed by atoms with van der Waals surface area (Å²) in [6.45, 7) is 4.13. The van der Waals surface area contributed by atoms with Crippen LogP contribution >= 0.6 is 36.2 Å². The summed E-state index contributed by atoms with van der Waals surface area (Å²) >= 11 is 1.59. The van der Waals surface area contributed by atoms with Gasteiger partial charge in [-0.25, -0.2) is 4.98 Å². The van der Waals surface area contributed by atoms with E-state index >= 15 is 0 Å². The normalized spacial score (nSPS) is 24.1. The number of amides is 1. The van der Waals surface area contributed by atoms with Crippen molar-refractivity contribution in [3.05, 3.63) is 16.6 Å². The Bertz CT molecular complexity index is 430. The minimum atomic E-state index is -0.354. The van der Waals surface area contributed by atoms with Gasteiger partial charge in [-0.3, -0.25) is 4.79 Å². The van der Waals surface area contributed by atoms with Crippen LogP contribution < -0.4 is 11.1 Å². The lowest BCUT2D eigenvalue weighted by Gasteiger charge is -2.32. The molecule has 1 aromatic rings. The molecule has 21 heavy (non-hydrogen) atoms. The second-order valence-corrected chi connectivity index (χ2v) is 6.53. The smallest absolute Gasteiger partial charge is 0.223 e. The average Bonchev–Trinajstić information content (AvgIpc) is 2.93. The first kappa shape index (κ1) is 20.6. The van der Waals surface area contributed by atoms with E-state index in [0.717, 1.165) is 37.1 Å². The van der Waals surface area contributed by atoms with Crippen molar-refractivity contribution < 1.29 is 4.79 Å². The monoisotopic (exact) mass is 353 g/mol. The van der Waals surface area contributed by atoms with Crippen LogP contribution in [0.25, 0.3) is 0 Å². The van der Waals surface area contributed by atoms with Crippen molar-refractivity contribution >= 4 is 42.1 Å². The lowest BCUT2D eigenvalue weighted by molar-refractivity contribution is -0.128. The number of hydrogen-bond donors (Lipinski definition) is 2. The molecule has 3 unspecified atom stereocenters. The Morgan fingerprint density at radius 3 is 2.76 bits per heavy atom. The molecule has 1 aliphatic rings. The van der Waals surface area contributed by atoms with Gasteiger partial charge in [0, 0.05) is 23.5 Å². The van der Waals surface area contributed by atoms with Gasteiger partial charge in [-0.1, -0.05) is 13.3 Å². The maximum atomic E-state index is 12.4. The second kappa shape index (κ2) is 8.93. The topological polar surface area (TPSA) is 68.0 Å². The van der Waals surface area contributed by atoms with Crippen LogP contribution in [0.3, 0.4) is 0 Å². The molecule has 122 valence electrons. The molecule has 1 aromatic heterocycles. The maximum Gasteiger partial charge on any atom is 0.223 e. The van der Waals surface area contributed by atoms with E-state index in [9.17, 15) is 4.79 Å². The Morgan fingerprint density at radius 2 is 2.24 bits per heavy atom. The summed E-state index contributed by atoms with van der Waals surface area (Å²) in [5, 5.41) is 6.11. The van der Waals surface area contributed by atoms with Crippen LogP contribution in [0, 0.1) is 5.92 Å². The number of hydrogen-bond acceptors (Lipinski definition) is 4. The largest absolute Gasteiger partial charge is 0.344 e. The molecule has 0 bridgehead atoms. The van der Waals surface area contributed by atoms with Gasteiger partial charge in [0.15, 0.2) is 0 Å². The fraction of sp³-hybridized carbons (Fsp3) is 0.714. The van der Waals surface area contributed by atoms with Gasteiger partial charge in [0.25, 0.3) is 0 Å². The van der Waals surface area contributed by atoms with Gasteiger partial charge in [-0.15, -0.1) is 36.2 Å². The minimum absolute atomic E-state index is 0. The van der Waals surface area contributed by atoms with Gasteiger partial charge < -0.3 is 11.1 Å². The molecule has 0 radical (unpaired) electrons. The molecule has 1 aliphatic carbocycles. The number of thiazole rings is 1. The molecule has 1 heterocycles. The summed E-state index contributed by atoms with van der Waals surface area (Å²) in [5.74, 6) is 0.198. The Hall–Kier alpha value is -0.360. The molecular formula is C14H25Cl2N3OS. The molecule has 2 rings (SSSR count). The van der Waals surface area contributed by atoms with Gasteiger partial charge in [0.2, 0.25) is 5.91 Å². The molecule has 3 N–H and O–H groups in total. The van der Waals surface area contributed by atoms with Crippen molar-refractivity contribution in [3.8, 4) is 0 Å². The molecule has 7 heteroatoms. The first-order valence-corrected chi connectivity index (χ1v) is 7.90. The molecule has 1 amide bonds. The quantitative estimate of drug-likeness (QED) is 0.872. The number of nitrogens with zero attached hydrogens (tertiary/aromatic N) is 1. The lowest BCUT2D eigenvalue weighted by atomic mass is 9.85. The van der Waals surface area contributed by atoms with Gasteiger partial charge in [-0.05, 0) is 32.6 Å². The third-order valence-corrected chi connectivity index (χ3v) is 5.13. The van der Waals surface area contributed by atoms with Crippen LogP contribution in [-0.2, 0) is 10.3 Å². The Labute approximate surface area is 143 Å². The lowest BCUT2D eigenvalue weighted by Crippen LogP contribution is -2.47. The van der Waals surface area contributed by atoms with Crippen LogP contribution in [0.2, 0.25) is 0 Å². The van der Waals surface area contributed by atoms with Gasteiger partial charge >= 0.3 is 0 Å². The summed E-state index contributed by atoms with van der Waals surface area (Å²) in [6, 6.07) is 0.178. The predicted octanol–water partition coefficient (Wildman–Crippen LogP) is 3.25. The molecule has 3 atom stereocenters. The van der Waals surface area contributed by atoms with Crippen molar-refractivity contribution in [3.63, 3.8) is 0 Å². The fourth-order valence-electron chi connectivity index (χ4n) is 2.63. The molecule has 0 aliphatic heterocycles. The van der Waals surface area contributed by atoms with Crippen molar-refractivity contribution in [1.82, 2.24) is 10.3 Å². The number of carbonyl (C=O) groups excluding carboxylic acids is 1. The first-order valence-electron chi connectivity index (χ1n) is 7.02. The van der Waals surface area contributed by atoms with Gasteiger partial charge in [0.1, 0.15) is 5.01 Å². The first-order chi connectivity index (χ1) is 9.05. The summed E-state index contributed by atoms with van der Waals surface area (Å²) in [4.78, 5) is 16.8. The zero-order chi connectivity index (χ0) is 13.9. The van der Waals surface area contributed by atoms with E-state index in [2.05, 4.69) is 17.2 Å². The third kappa shape index (κ3) is 5.09. The van der Waals surface area contributed by atoms with Gasteiger partial charge in [-0.2, -0.15) is 0 Å². The zero-order valence-electron chi connectivity index (χ0n) is 12.5. The van der Waals surface area contributed by atoms with Crippen LogP contribution in [0.4, 0.5) is 0 Å². The van der Waals surface area contributed by atoms with E-state index < -0.39 is 0 Å².